The maximum absolute atomic E-state index is 12.7. The molecular formula is C17H26N2O6S2. The van der Waals surface area contributed by atoms with E-state index in [1.165, 1.54) is 29.6 Å². The molecule has 0 saturated carbocycles. The topological polar surface area (TPSA) is 102 Å². The van der Waals surface area contributed by atoms with Gasteiger partial charge in [0.15, 0.2) is 0 Å². The third-order valence-electron chi connectivity index (χ3n) is 3.55. The average molecular weight is 419 g/mol. The lowest BCUT2D eigenvalue weighted by Gasteiger charge is -2.19. The number of carbonyl (C=O) groups is 2. The number of carbonyl (C=O) groups excluding carboxylic acids is 2. The molecule has 0 radical (unpaired) electrons. The number of rotatable bonds is 11. The van der Waals surface area contributed by atoms with Crippen LogP contribution in [0.5, 0.6) is 5.75 Å². The van der Waals surface area contributed by atoms with Crippen LogP contribution in [0.25, 0.3) is 0 Å². The van der Waals surface area contributed by atoms with Crippen molar-refractivity contribution in [3.05, 3.63) is 18.2 Å². The number of hydrogen-bond acceptors (Lipinski definition) is 7. The van der Waals surface area contributed by atoms with Crippen LogP contribution in [0.3, 0.4) is 0 Å². The molecule has 1 aromatic carbocycles. The summed E-state index contributed by atoms with van der Waals surface area (Å²) >= 11 is 1.11. The van der Waals surface area contributed by atoms with E-state index in [0.29, 0.717) is 18.8 Å². The Bertz CT molecular complexity index is 748. The van der Waals surface area contributed by atoms with Crippen LogP contribution >= 0.6 is 11.8 Å². The lowest BCUT2D eigenvalue weighted by Crippen LogP contribution is -2.30. The predicted molar refractivity (Wildman–Crippen MR) is 106 cm³/mol. The molecule has 1 amide bonds. The number of amides is 1. The maximum atomic E-state index is 12.7. The Morgan fingerprint density at radius 2 is 1.81 bits per heavy atom. The van der Waals surface area contributed by atoms with Gasteiger partial charge < -0.3 is 14.8 Å². The largest absolute Gasteiger partial charge is 0.495 e. The molecule has 0 aromatic heterocycles. The van der Waals surface area contributed by atoms with Crippen LogP contribution in [0.2, 0.25) is 0 Å². The van der Waals surface area contributed by atoms with Crippen molar-refractivity contribution in [2.24, 2.45) is 0 Å². The van der Waals surface area contributed by atoms with E-state index >= 15 is 0 Å². The second-order valence-corrected chi connectivity index (χ2v) is 8.22. The molecule has 8 nitrogen and oxygen atoms in total. The average Bonchev–Trinajstić information content (AvgIpc) is 2.62. The Morgan fingerprint density at radius 3 is 2.37 bits per heavy atom. The Kier molecular flexibility index (Phi) is 9.61. The van der Waals surface area contributed by atoms with E-state index in [1.54, 1.807) is 20.8 Å². The molecule has 0 aliphatic rings. The van der Waals surface area contributed by atoms with Crippen LogP contribution in [0.15, 0.2) is 23.1 Å². The van der Waals surface area contributed by atoms with Gasteiger partial charge in [-0.1, -0.05) is 13.8 Å². The van der Waals surface area contributed by atoms with E-state index in [1.807, 2.05) is 0 Å². The molecule has 0 aliphatic heterocycles. The summed E-state index contributed by atoms with van der Waals surface area (Å²) < 4.78 is 36.6. The zero-order valence-electron chi connectivity index (χ0n) is 16.0. The highest BCUT2D eigenvalue weighted by atomic mass is 32.2. The maximum Gasteiger partial charge on any atom is 0.315 e. The molecule has 0 bridgehead atoms. The predicted octanol–water partition coefficient (Wildman–Crippen LogP) is 1.96. The third kappa shape index (κ3) is 6.71. The number of ether oxygens (including phenoxy) is 2. The Labute approximate surface area is 164 Å². The van der Waals surface area contributed by atoms with Gasteiger partial charge in [0.2, 0.25) is 15.9 Å². The minimum Gasteiger partial charge on any atom is -0.495 e. The van der Waals surface area contributed by atoms with Crippen molar-refractivity contribution in [2.45, 2.75) is 25.7 Å². The Hall–Kier alpha value is -1.78. The zero-order valence-corrected chi connectivity index (χ0v) is 17.6. The van der Waals surface area contributed by atoms with Crippen LogP contribution in [0.4, 0.5) is 5.69 Å². The van der Waals surface area contributed by atoms with Crippen molar-refractivity contribution < 1.29 is 27.5 Å². The van der Waals surface area contributed by atoms with E-state index in [9.17, 15) is 18.0 Å². The highest BCUT2D eigenvalue weighted by Gasteiger charge is 2.23. The number of sulfonamides is 1. The third-order valence-corrected chi connectivity index (χ3v) is 6.50. The second-order valence-electron chi connectivity index (χ2n) is 5.30. The number of methoxy groups -OCH3 is 1. The fraction of sp³-hybridized carbons (Fsp3) is 0.529. The summed E-state index contributed by atoms with van der Waals surface area (Å²) in [6.45, 7) is 6.20. The molecule has 152 valence electrons. The van der Waals surface area contributed by atoms with Gasteiger partial charge in [0.25, 0.3) is 0 Å². The molecule has 10 heteroatoms. The summed E-state index contributed by atoms with van der Waals surface area (Å²) in [6.07, 6.45) is 0. The van der Waals surface area contributed by atoms with Crippen LogP contribution in [-0.2, 0) is 24.3 Å². The quantitative estimate of drug-likeness (QED) is 0.548. The van der Waals surface area contributed by atoms with Gasteiger partial charge in [0.1, 0.15) is 5.75 Å². The van der Waals surface area contributed by atoms with Crippen LogP contribution in [-0.4, -0.2) is 62.9 Å². The second kappa shape index (κ2) is 11.2. The van der Waals surface area contributed by atoms with Crippen LogP contribution in [0, 0.1) is 0 Å². The first-order valence-corrected chi connectivity index (χ1v) is 11.1. The number of thioether (sulfide) groups is 1. The van der Waals surface area contributed by atoms with Crippen LogP contribution < -0.4 is 10.1 Å². The van der Waals surface area contributed by atoms with E-state index < -0.39 is 10.0 Å². The van der Waals surface area contributed by atoms with Gasteiger partial charge in [-0.3, -0.25) is 9.59 Å². The minimum atomic E-state index is -3.66. The van der Waals surface area contributed by atoms with Crippen molar-refractivity contribution in [3.8, 4) is 5.75 Å². The van der Waals surface area contributed by atoms with Gasteiger partial charge in [-0.2, -0.15) is 4.31 Å². The SMILES string of the molecule is CCOC(=O)CSCC(=O)Nc1cc(S(=O)(=O)N(CC)CC)ccc1OC. The summed E-state index contributed by atoms with van der Waals surface area (Å²) in [5.74, 6) is -0.332. The molecule has 0 heterocycles. The van der Waals surface area contributed by atoms with Crippen molar-refractivity contribution in [2.75, 3.05) is 43.6 Å². The highest BCUT2D eigenvalue weighted by Crippen LogP contribution is 2.29. The van der Waals surface area contributed by atoms with E-state index in [-0.39, 0.29) is 40.6 Å². The summed E-state index contributed by atoms with van der Waals surface area (Å²) in [6, 6.07) is 4.32. The van der Waals surface area contributed by atoms with Gasteiger partial charge >= 0.3 is 5.97 Å². The molecule has 0 unspecified atom stereocenters. The number of nitrogens with zero attached hydrogens (tertiary/aromatic N) is 1. The molecule has 27 heavy (non-hydrogen) atoms. The smallest absolute Gasteiger partial charge is 0.315 e. The van der Waals surface area contributed by atoms with Gasteiger partial charge in [-0.05, 0) is 25.1 Å². The first-order chi connectivity index (χ1) is 12.8. The normalized spacial score (nSPS) is 11.3. The monoisotopic (exact) mass is 418 g/mol. The van der Waals surface area contributed by atoms with Gasteiger partial charge in [0, 0.05) is 13.1 Å². The molecule has 0 aliphatic carbocycles. The van der Waals surface area contributed by atoms with Crippen molar-refractivity contribution in [1.82, 2.24) is 4.31 Å². The standard InChI is InChI=1S/C17H26N2O6S2/c1-5-19(6-2)27(22,23)13-8-9-15(24-4)14(10-13)18-16(20)11-26-12-17(21)25-7-3/h8-10H,5-7,11-12H2,1-4H3,(H,18,20). The first kappa shape index (κ1) is 23.3. The summed E-state index contributed by atoms with van der Waals surface area (Å²) in [7, 11) is -2.23. The lowest BCUT2D eigenvalue weighted by atomic mass is 10.3. The molecule has 0 saturated heterocycles. The Morgan fingerprint density at radius 1 is 1.15 bits per heavy atom. The summed E-state index contributed by atoms with van der Waals surface area (Å²) in [4.78, 5) is 23.5. The molecule has 1 N–H and O–H groups in total. The number of hydrogen-bond donors (Lipinski definition) is 1. The summed E-state index contributed by atoms with van der Waals surface area (Å²) in [5.41, 5.74) is 0.257. The van der Waals surface area contributed by atoms with Gasteiger partial charge in [0.05, 0.1) is 35.8 Å². The Balaban J connectivity index is 2.90. The molecule has 1 rings (SSSR count). The highest BCUT2D eigenvalue weighted by molar-refractivity contribution is 8.00. The number of esters is 1. The summed E-state index contributed by atoms with van der Waals surface area (Å²) in [5, 5.41) is 2.63. The van der Waals surface area contributed by atoms with Crippen molar-refractivity contribution in [3.63, 3.8) is 0 Å². The van der Waals surface area contributed by atoms with E-state index in [4.69, 9.17) is 9.47 Å². The molecule has 0 fully saturated rings. The molecular weight excluding hydrogens is 392 g/mol. The van der Waals surface area contributed by atoms with Gasteiger partial charge in [-0.15, -0.1) is 11.8 Å². The van der Waals surface area contributed by atoms with Crippen LogP contribution in [0.1, 0.15) is 20.8 Å². The molecule has 0 spiro atoms. The molecule has 0 atom stereocenters. The first-order valence-electron chi connectivity index (χ1n) is 8.51. The molecule has 1 aromatic rings. The van der Waals surface area contributed by atoms with Crippen molar-refractivity contribution in [1.29, 1.82) is 0 Å². The zero-order chi connectivity index (χ0) is 20.4. The number of nitrogens with one attached hydrogen (secondary N) is 1. The van der Waals surface area contributed by atoms with Crippen molar-refractivity contribution >= 4 is 39.3 Å². The lowest BCUT2D eigenvalue weighted by molar-refractivity contribution is -0.139. The fourth-order valence-corrected chi connectivity index (χ4v) is 4.37. The number of anilines is 1. The number of benzene rings is 1. The van der Waals surface area contributed by atoms with Gasteiger partial charge in [-0.25, -0.2) is 8.42 Å². The van der Waals surface area contributed by atoms with E-state index in [2.05, 4.69) is 5.32 Å². The minimum absolute atomic E-state index is 0.0228. The fourth-order valence-electron chi connectivity index (χ4n) is 2.27. The van der Waals surface area contributed by atoms with E-state index in [0.717, 1.165) is 11.8 Å².